The maximum atomic E-state index is 7.35. The SMILES string of the molecule is Cc1ccc(C2=c3ccc(o3)=C(c3ccc(C)cc3)c3cc(c4cccccc3-4)C(c3ccc(C)cc3)=c3ccc(o3)=C(c3ccc(C)cc3)C3C=C2c2[cH+]ccccc23)cc1. The largest absolute Gasteiger partial charge is 0.456 e. The molecular formula is C60H45O2+. The van der Waals surface area contributed by atoms with E-state index in [1.54, 1.807) is 0 Å². The monoisotopic (exact) mass is 797 g/mol. The van der Waals surface area contributed by atoms with Gasteiger partial charge in [0.05, 0.1) is 17.1 Å². The predicted octanol–water partition coefficient (Wildman–Crippen LogP) is 11.6. The van der Waals surface area contributed by atoms with E-state index in [4.69, 9.17) is 8.83 Å². The fourth-order valence-corrected chi connectivity index (χ4v) is 9.50. The lowest BCUT2D eigenvalue weighted by atomic mass is 9.88. The summed E-state index contributed by atoms with van der Waals surface area (Å²) in [4.78, 5) is 0. The van der Waals surface area contributed by atoms with Gasteiger partial charge in [0.15, 0.2) is 0 Å². The Morgan fingerprint density at radius 2 is 0.823 bits per heavy atom. The van der Waals surface area contributed by atoms with Crippen molar-refractivity contribution in [3.8, 4) is 11.1 Å². The maximum Gasteiger partial charge on any atom is 0.145 e. The van der Waals surface area contributed by atoms with E-state index in [9.17, 15) is 0 Å². The molecule has 1 atom stereocenters. The van der Waals surface area contributed by atoms with Gasteiger partial charge < -0.3 is 8.83 Å². The van der Waals surface area contributed by atoms with Crippen molar-refractivity contribution < 1.29 is 8.83 Å². The van der Waals surface area contributed by atoms with Gasteiger partial charge in [0.2, 0.25) is 0 Å². The van der Waals surface area contributed by atoms with E-state index in [1.165, 1.54) is 33.4 Å². The van der Waals surface area contributed by atoms with Crippen molar-refractivity contribution in [2.24, 2.45) is 0 Å². The first-order chi connectivity index (χ1) is 30.4. The number of hydrogen-bond donors (Lipinski definition) is 0. The normalized spacial score (nSPS) is 14.6. The summed E-state index contributed by atoms with van der Waals surface area (Å²) in [5.41, 5.74) is 24.8. The minimum absolute atomic E-state index is 0.125. The second kappa shape index (κ2) is 15.2. The molecule has 1 aliphatic heterocycles. The molecule has 4 aliphatic rings. The van der Waals surface area contributed by atoms with Crippen molar-refractivity contribution >= 4 is 27.9 Å². The smallest absolute Gasteiger partial charge is 0.145 e. The zero-order valence-electron chi connectivity index (χ0n) is 35.4. The van der Waals surface area contributed by atoms with Crippen LogP contribution in [0.25, 0.3) is 39.0 Å². The first-order valence-corrected chi connectivity index (χ1v) is 21.5. The van der Waals surface area contributed by atoms with Gasteiger partial charge in [-0.3, -0.25) is 0 Å². The molecule has 1 unspecified atom stereocenters. The van der Waals surface area contributed by atoms with Crippen LogP contribution in [0.4, 0.5) is 0 Å². The average Bonchev–Trinajstić information content (AvgIpc) is 4.02. The highest BCUT2D eigenvalue weighted by Crippen LogP contribution is 2.47. The van der Waals surface area contributed by atoms with Gasteiger partial charge in [-0.15, -0.1) is 0 Å². The van der Waals surface area contributed by atoms with E-state index in [1.807, 2.05) is 0 Å². The van der Waals surface area contributed by atoms with Crippen molar-refractivity contribution in [2.45, 2.75) is 33.6 Å². The number of benzene rings is 4. The molecule has 62 heavy (non-hydrogen) atoms. The molecule has 3 aliphatic carbocycles. The molecule has 8 bridgehead atoms. The second-order valence-corrected chi connectivity index (χ2v) is 16.9. The van der Waals surface area contributed by atoms with Crippen LogP contribution in [0.15, 0.2) is 203 Å². The molecule has 0 spiro atoms. The molecule has 7 aromatic rings. The Labute approximate surface area is 362 Å². The predicted molar refractivity (Wildman–Crippen MR) is 254 cm³/mol. The Bertz CT molecular complexity index is 3450. The summed E-state index contributed by atoms with van der Waals surface area (Å²) in [6.07, 6.45) is 2.44. The topological polar surface area (TPSA) is 26.3 Å². The van der Waals surface area contributed by atoms with Crippen molar-refractivity contribution in [1.82, 2.24) is 0 Å². The van der Waals surface area contributed by atoms with Gasteiger partial charge in [0, 0.05) is 40.5 Å². The quantitative estimate of drug-likeness (QED) is 0.166. The number of allylic oxidation sites excluding steroid dienone is 2. The van der Waals surface area contributed by atoms with Crippen LogP contribution in [-0.4, -0.2) is 0 Å². The van der Waals surface area contributed by atoms with Gasteiger partial charge in [-0.05, 0) is 121 Å². The summed E-state index contributed by atoms with van der Waals surface area (Å²) < 4.78 is 14.7. The summed E-state index contributed by atoms with van der Waals surface area (Å²) in [6.45, 7) is 8.56. The summed E-state index contributed by atoms with van der Waals surface area (Å²) >= 11 is 0. The van der Waals surface area contributed by atoms with Crippen LogP contribution in [0.1, 0.15) is 72.7 Å². The van der Waals surface area contributed by atoms with E-state index in [-0.39, 0.29) is 5.92 Å². The lowest BCUT2D eigenvalue weighted by Crippen LogP contribution is -2.13. The molecule has 0 saturated carbocycles. The van der Waals surface area contributed by atoms with Gasteiger partial charge in [0.25, 0.3) is 0 Å². The molecule has 2 aromatic heterocycles. The van der Waals surface area contributed by atoms with Crippen LogP contribution >= 0.6 is 0 Å². The van der Waals surface area contributed by atoms with Gasteiger partial charge >= 0.3 is 0 Å². The number of aryl methyl sites for hydroxylation is 4. The zero-order chi connectivity index (χ0) is 41.9. The Hall–Kier alpha value is -7.55. The number of hydrogen-bond acceptors (Lipinski definition) is 2. The molecule has 11 rings (SSSR count). The van der Waals surface area contributed by atoms with Crippen LogP contribution < -0.4 is 21.7 Å². The highest BCUT2D eigenvalue weighted by atomic mass is 16.3. The molecule has 2 heteroatoms. The Morgan fingerprint density at radius 1 is 0.387 bits per heavy atom. The summed E-state index contributed by atoms with van der Waals surface area (Å²) in [5, 5.41) is 0. The van der Waals surface area contributed by atoms with Crippen LogP contribution in [-0.2, 0) is 0 Å². The first kappa shape index (κ1) is 37.4. The Kier molecular flexibility index (Phi) is 9.16. The molecule has 0 amide bonds. The lowest BCUT2D eigenvalue weighted by molar-refractivity contribution is 0.496. The van der Waals surface area contributed by atoms with E-state index < -0.39 is 0 Å². The number of furan rings is 2. The third-order valence-electron chi connectivity index (χ3n) is 12.7. The minimum atomic E-state index is -0.125. The van der Waals surface area contributed by atoms with Crippen LogP contribution in [0.5, 0.6) is 0 Å². The molecule has 0 fully saturated rings. The minimum Gasteiger partial charge on any atom is -0.456 e. The molecule has 0 N–H and O–H groups in total. The summed E-state index contributed by atoms with van der Waals surface area (Å²) in [6, 6.07) is 68.3. The van der Waals surface area contributed by atoms with Crippen molar-refractivity contribution in [3.63, 3.8) is 0 Å². The molecule has 0 saturated heterocycles. The highest BCUT2D eigenvalue weighted by Gasteiger charge is 2.36. The van der Waals surface area contributed by atoms with Gasteiger partial charge in [-0.2, -0.15) is 0 Å². The third kappa shape index (κ3) is 6.47. The first-order valence-electron chi connectivity index (χ1n) is 21.5. The van der Waals surface area contributed by atoms with E-state index in [2.05, 4.69) is 222 Å². The number of fused-ring (bicyclic) bond motifs is 13. The highest BCUT2D eigenvalue weighted by molar-refractivity contribution is 6.08. The zero-order valence-corrected chi connectivity index (χ0v) is 35.4. The third-order valence-corrected chi connectivity index (χ3v) is 12.7. The van der Waals surface area contributed by atoms with Crippen LogP contribution in [0.3, 0.4) is 0 Å². The van der Waals surface area contributed by atoms with Crippen LogP contribution in [0.2, 0.25) is 0 Å². The Balaban J connectivity index is 1.38. The summed E-state index contributed by atoms with van der Waals surface area (Å²) in [7, 11) is 0. The maximum absolute atomic E-state index is 7.35. The fourth-order valence-electron chi connectivity index (χ4n) is 9.50. The Morgan fingerprint density at radius 3 is 1.35 bits per heavy atom. The molecule has 296 valence electrons. The van der Waals surface area contributed by atoms with Crippen molar-refractivity contribution in [1.29, 1.82) is 0 Å². The van der Waals surface area contributed by atoms with E-state index >= 15 is 0 Å². The molecule has 2 nitrogen and oxygen atoms in total. The van der Waals surface area contributed by atoms with Crippen molar-refractivity contribution in [3.05, 3.63) is 283 Å². The number of rotatable bonds is 4. The van der Waals surface area contributed by atoms with Gasteiger partial charge in [0.1, 0.15) is 27.2 Å². The molecule has 0 radical (unpaired) electrons. The van der Waals surface area contributed by atoms with Crippen LogP contribution in [0, 0.1) is 27.7 Å². The van der Waals surface area contributed by atoms with Gasteiger partial charge in [-0.25, -0.2) is 0 Å². The van der Waals surface area contributed by atoms with E-state index in [0.717, 1.165) is 94.0 Å². The van der Waals surface area contributed by atoms with E-state index in [0.29, 0.717) is 0 Å². The lowest BCUT2D eigenvalue weighted by Gasteiger charge is -2.12. The molecule has 3 heterocycles. The standard InChI is InChI=1S/C60H45O2/c1-37-15-23-41(24-16-37)57-49-35-50(46-12-8-5-7-11-45(46)49)58(42-25-17-38(2)18-26-42)55-33-34-56(62-55)60(44-29-21-40(4)22-30-44)52-36-51(47-13-9-6-10-14-48(47)52)59(54-32-31-53(57)61-54)43-27-19-39(3)20-28-43/h5-36,49H,1-4H3/q+1. The average molecular weight is 798 g/mol. The summed E-state index contributed by atoms with van der Waals surface area (Å²) in [5.74, 6) is -0.125. The second-order valence-electron chi connectivity index (χ2n) is 16.9. The van der Waals surface area contributed by atoms with Gasteiger partial charge in [-0.1, -0.05) is 150 Å². The fraction of sp³-hybridized carbons (Fsp3) is 0.0833. The van der Waals surface area contributed by atoms with Crippen molar-refractivity contribution in [2.75, 3.05) is 0 Å². The molecular weight excluding hydrogens is 753 g/mol. The molecule has 5 aromatic carbocycles.